The van der Waals surface area contributed by atoms with E-state index in [2.05, 4.69) is 0 Å². The highest BCUT2D eigenvalue weighted by molar-refractivity contribution is 6.35. The maximum absolute atomic E-state index is 11.8. The number of aliphatic hydroxyl groups is 1. The Labute approximate surface area is 112 Å². The molecule has 102 valence electrons. The second-order valence-electron chi connectivity index (χ2n) is 4.90. The Morgan fingerprint density at radius 1 is 1.16 bits per heavy atom. The molecule has 0 aromatic heterocycles. The maximum atomic E-state index is 11.8. The predicted octanol–water partition coefficient (Wildman–Crippen LogP) is 0.329. The topological polar surface area (TPSA) is 60.9 Å². The summed E-state index contributed by atoms with van der Waals surface area (Å²) in [6.45, 7) is 3.09. The number of hydrogen-bond donors (Lipinski definition) is 1. The third-order valence-corrected chi connectivity index (χ3v) is 3.38. The fourth-order valence-corrected chi connectivity index (χ4v) is 2.05. The molecule has 1 N–H and O–H groups in total. The van der Waals surface area contributed by atoms with Crippen molar-refractivity contribution in [1.82, 2.24) is 9.80 Å². The minimum atomic E-state index is -0.763. The zero-order valence-electron chi connectivity index (χ0n) is 11.2. The summed E-state index contributed by atoms with van der Waals surface area (Å²) >= 11 is 0. The van der Waals surface area contributed by atoms with E-state index in [1.807, 2.05) is 31.2 Å². The van der Waals surface area contributed by atoms with Gasteiger partial charge in [-0.15, -0.1) is 0 Å². The number of aliphatic hydroxyl groups excluding tert-OH is 1. The highest BCUT2D eigenvalue weighted by Crippen LogP contribution is 2.16. The number of benzene rings is 1. The molecule has 0 spiro atoms. The van der Waals surface area contributed by atoms with Crippen LogP contribution in [0.15, 0.2) is 24.3 Å². The fourth-order valence-electron chi connectivity index (χ4n) is 2.05. The Balaban J connectivity index is 2.03. The van der Waals surface area contributed by atoms with Crippen molar-refractivity contribution >= 4 is 11.8 Å². The monoisotopic (exact) mass is 262 g/mol. The van der Waals surface area contributed by atoms with E-state index < -0.39 is 17.9 Å². The van der Waals surface area contributed by atoms with Gasteiger partial charge < -0.3 is 14.9 Å². The summed E-state index contributed by atoms with van der Waals surface area (Å²) in [5, 5.41) is 10.1. The van der Waals surface area contributed by atoms with Crippen LogP contribution in [-0.2, 0) is 9.59 Å². The van der Waals surface area contributed by atoms with Gasteiger partial charge in [0, 0.05) is 20.1 Å². The Morgan fingerprint density at radius 2 is 1.79 bits per heavy atom. The summed E-state index contributed by atoms with van der Waals surface area (Å²) in [4.78, 5) is 26.1. The number of hydrogen-bond acceptors (Lipinski definition) is 3. The molecule has 19 heavy (non-hydrogen) atoms. The average Bonchev–Trinajstić information content (AvgIpc) is 2.40. The lowest BCUT2D eigenvalue weighted by atomic mass is 10.1. The number of likely N-dealkylation sites (N-methyl/N-ethyl adjacent to an activating group) is 1. The van der Waals surface area contributed by atoms with Crippen molar-refractivity contribution in [3.8, 4) is 0 Å². The molecule has 5 heteroatoms. The number of carbonyl (C=O) groups is 2. The smallest absolute Gasteiger partial charge is 0.312 e. The van der Waals surface area contributed by atoms with E-state index >= 15 is 0 Å². The van der Waals surface area contributed by atoms with Crippen LogP contribution in [0.25, 0.3) is 0 Å². The standard InChI is InChI=1S/C14H18N2O3/c1-10-3-5-11(6-4-10)12(17)9-16-8-7-15(2)13(18)14(16)19/h3-6,12,17H,7-9H2,1-2H3. The number of piperazine rings is 1. The van der Waals surface area contributed by atoms with Crippen LogP contribution in [0.4, 0.5) is 0 Å². The molecule has 1 unspecified atom stereocenters. The van der Waals surface area contributed by atoms with Gasteiger partial charge in [-0.25, -0.2) is 0 Å². The molecule has 1 aliphatic rings. The van der Waals surface area contributed by atoms with E-state index in [1.165, 1.54) is 9.80 Å². The number of rotatable bonds is 3. The van der Waals surface area contributed by atoms with Gasteiger partial charge in [-0.05, 0) is 12.5 Å². The summed E-state index contributed by atoms with van der Waals surface area (Å²) in [5.74, 6) is -1.05. The van der Waals surface area contributed by atoms with Crippen molar-refractivity contribution in [3.63, 3.8) is 0 Å². The van der Waals surface area contributed by atoms with Crippen LogP contribution in [0.2, 0.25) is 0 Å². The van der Waals surface area contributed by atoms with E-state index in [-0.39, 0.29) is 6.54 Å². The van der Waals surface area contributed by atoms with Crippen molar-refractivity contribution in [2.24, 2.45) is 0 Å². The van der Waals surface area contributed by atoms with Crippen LogP contribution in [-0.4, -0.2) is 53.4 Å². The third-order valence-electron chi connectivity index (χ3n) is 3.38. The first-order chi connectivity index (χ1) is 8.99. The second kappa shape index (κ2) is 5.40. The first-order valence-corrected chi connectivity index (χ1v) is 6.28. The van der Waals surface area contributed by atoms with E-state index in [0.717, 1.165) is 11.1 Å². The fraction of sp³-hybridized carbons (Fsp3) is 0.429. The van der Waals surface area contributed by atoms with Gasteiger partial charge in [-0.2, -0.15) is 0 Å². The van der Waals surface area contributed by atoms with Gasteiger partial charge in [0.15, 0.2) is 0 Å². The summed E-state index contributed by atoms with van der Waals surface area (Å²) in [7, 11) is 1.61. The molecule has 1 aromatic rings. The quantitative estimate of drug-likeness (QED) is 0.799. The molecule has 1 saturated heterocycles. The highest BCUT2D eigenvalue weighted by atomic mass is 16.3. The van der Waals surface area contributed by atoms with E-state index in [9.17, 15) is 14.7 Å². The number of carbonyl (C=O) groups excluding carboxylic acids is 2. The average molecular weight is 262 g/mol. The van der Waals surface area contributed by atoms with Gasteiger partial charge in [0.25, 0.3) is 0 Å². The lowest BCUT2D eigenvalue weighted by Gasteiger charge is -2.32. The molecular weight excluding hydrogens is 244 g/mol. The molecule has 1 heterocycles. The Hall–Kier alpha value is -1.88. The van der Waals surface area contributed by atoms with Crippen molar-refractivity contribution in [2.75, 3.05) is 26.7 Å². The minimum Gasteiger partial charge on any atom is -0.387 e. The molecule has 1 aromatic carbocycles. The van der Waals surface area contributed by atoms with Crippen molar-refractivity contribution < 1.29 is 14.7 Å². The SMILES string of the molecule is Cc1ccc(C(O)CN2CCN(C)C(=O)C2=O)cc1. The molecule has 5 nitrogen and oxygen atoms in total. The Bertz CT molecular complexity index is 484. The van der Waals surface area contributed by atoms with Crippen molar-refractivity contribution in [1.29, 1.82) is 0 Å². The normalized spacial score (nSPS) is 17.8. The van der Waals surface area contributed by atoms with E-state index in [0.29, 0.717) is 13.1 Å². The van der Waals surface area contributed by atoms with E-state index in [1.54, 1.807) is 7.05 Å². The Kier molecular flexibility index (Phi) is 3.85. The van der Waals surface area contributed by atoms with E-state index in [4.69, 9.17) is 0 Å². The van der Waals surface area contributed by atoms with Gasteiger partial charge in [0.1, 0.15) is 0 Å². The highest BCUT2D eigenvalue weighted by Gasteiger charge is 2.31. The lowest BCUT2D eigenvalue weighted by Crippen LogP contribution is -2.53. The zero-order chi connectivity index (χ0) is 14.0. The van der Waals surface area contributed by atoms with Gasteiger partial charge in [-0.1, -0.05) is 29.8 Å². The zero-order valence-corrected chi connectivity index (χ0v) is 11.2. The van der Waals surface area contributed by atoms with Gasteiger partial charge >= 0.3 is 11.8 Å². The van der Waals surface area contributed by atoms with Gasteiger partial charge in [0.2, 0.25) is 0 Å². The van der Waals surface area contributed by atoms with Crippen LogP contribution in [0.5, 0.6) is 0 Å². The number of aryl methyl sites for hydroxylation is 1. The van der Waals surface area contributed by atoms with Crippen molar-refractivity contribution in [2.45, 2.75) is 13.0 Å². The predicted molar refractivity (Wildman–Crippen MR) is 70.4 cm³/mol. The van der Waals surface area contributed by atoms with Crippen LogP contribution in [0.1, 0.15) is 17.2 Å². The van der Waals surface area contributed by atoms with Gasteiger partial charge in [-0.3, -0.25) is 9.59 Å². The molecule has 0 saturated carbocycles. The summed E-state index contributed by atoms with van der Waals surface area (Å²) < 4.78 is 0. The largest absolute Gasteiger partial charge is 0.387 e. The number of β-amino-alcohol motifs (C(OH)–C–C–N with tert-alkyl or cyclic N) is 1. The van der Waals surface area contributed by atoms with Crippen molar-refractivity contribution in [3.05, 3.63) is 35.4 Å². The van der Waals surface area contributed by atoms with Crippen LogP contribution in [0.3, 0.4) is 0 Å². The maximum Gasteiger partial charge on any atom is 0.312 e. The first kappa shape index (κ1) is 13.5. The summed E-state index contributed by atoms with van der Waals surface area (Å²) in [5.41, 5.74) is 1.87. The molecular formula is C14H18N2O3. The second-order valence-corrected chi connectivity index (χ2v) is 4.90. The van der Waals surface area contributed by atoms with Crippen LogP contribution in [0, 0.1) is 6.92 Å². The van der Waals surface area contributed by atoms with Crippen LogP contribution < -0.4 is 0 Å². The lowest BCUT2D eigenvalue weighted by molar-refractivity contribution is -0.155. The van der Waals surface area contributed by atoms with Gasteiger partial charge in [0.05, 0.1) is 12.6 Å². The first-order valence-electron chi connectivity index (χ1n) is 6.28. The third kappa shape index (κ3) is 2.93. The molecule has 1 fully saturated rings. The molecule has 1 aliphatic heterocycles. The van der Waals surface area contributed by atoms with Crippen LogP contribution >= 0.6 is 0 Å². The molecule has 1 atom stereocenters. The molecule has 0 radical (unpaired) electrons. The summed E-state index contributed by atoms with van der Waals surface area (Å²) in [6.07, 6.45) is -0.763. The summed E-state index contributed by atoms with van der Waals surface area (Å²) in [6, 6.07) is 7.50. The molecule has 2 amide bonds. The minimum absolute atomic E-state index is 0.154. The number of amides is 2. The molecule has 2 rings (SSSR count). The Morgan fingerprint density at radius 3 is 2.42 bits per heavy atom. The molecule has 0 aliphatic carbocycles. The number of nitrogens with zero attached hydrogens (tertiary/aromatic N) is 2. The molecule has 0 bridgehead atoms.